The lowest BCUT2D eigenvalue weighted by molar-refractivity contribution is 0.0470. The van der Waals surface area contributed by atoms with Gasteiger partial charge in [-0.1, -0.05) is 37.3 Å². The number of hydrogen-bond donors (Lipinski definition) is 0. The highest BCUT2D eigenvalue weighted by molar-refractivity contribution is 5.98. The van der Waals surface area contributed by atoms with E-state index in [-0.39, 0.29) is 12.6 Å². The van der Waals surface area contributed by atoms with Gasteiger partial charge in [0.1, 0.15) is 6.61 Å². The van der Waals surface area contributed by atoms with Gasteiger partial charge in [-0.05, 0) is 42.7 Å². The van der Waals surface area contributed by atoms with Gasteiger partial charge in [0, 0.05) is 5.39 Å². The van der Waals surface area contributed by atoms with Crippen molar-refractivity contribution in [1.29, 1.82) is 5.26 Å². The summed E-state index contributed by atoms with van der Waals surface area (Å²) in [6, 6.07) is 16.9. The van der Waals surface area contributed by atoms with Crippen LogP contribution in [0.5, 0.6) is 0 Å². The lowest BCUT2D eigenvalue weighted by Gasteiger charge is -2.13. The Kier molecular flexibility index (Phi) is 4.76. The number of aryl methyl sites for hydroxylation is 2. The quantitative estimate of drug-likeness (QED) is 0.668. The second-order valence-corrected chi connectivity index (χ2v) is 5.82. The summed E-state index contributed by atoms with van der Waals surface area (Å²) in [5.41, 5.74) is 4.39. The van der Waals surface area contributed by atoms with Gasteiger partial charge in [0.05, 0.1) is 28.4 Å². The first-order valence-electron chi connectivity index (χ1n) is 8.18. The number of benzene rings is 2. The number of para-hydroxylation sites is 1. The highest BCUT2D eigenvalue weighted by Gasteiger charge is 2.19. The van der Waals surface area contributed by atoms with Crippen molar-refractivity contribution >= 4 is 16.9 Å². The normalized spacial score (nSPS) is 10.4. The summed E-state index contributed by atoms with van der Waals surface area (Å²) < 4.78 is 5.50. The molecule has 0 amide bonds. The lowest BCUT2D eigenvalue weighted by Crippen LogP contribution is -2.12. The Labute approximate surface area is 146 Å². The van der Waals surface area contributed by atoms with Crippen molar-refractivity contribution < 1.29 is 9.53 Å². The van der Waals surface area contributed by atoms with Crippen molar-refractivity contribution in [2.45, 2.75) is 26.9 Å². The molecule has 4 heteroatoms. The number of nitrogens with zero attached hydrogens (tertiary/aromatic N) is 2. The summed E-state index contributed by atoms with van der Waals surface area (Å²) in [7, 11) is 0. The minimum atomic E-state index is -0.380. The molecule has 2 aromatic carbocycles. The van der Waals surface area contributed by atoms with E-state index in [1.54, 1.807) is 18.2 Å². The second-order valence-electron chi connectivity index (χ2n) is 5.82. The number of rotatable bonds is 4. The van der Waals surface area contributed by atoms with E-state index in [9.17, 15) is 4.79 Å². The summed E-state index contributed by atoms with van der Waals surface area (Å²) in [6.45, 7) is 4.03. The third kappa shape index (κ3) is 3.36. The molecule has 0 spiro atoms. The number of aromatic nitrogens is 1. The summed E-state index contributed by atoms with van der Waals surface area (Å²) in [4.78, 5) is 17.3. The van der Waals surface area contributed by atoms with Gasteiger partial charge >= 0.3 is 5.97 Å². The van der Waals surface area contributed by atoms with Gasteiger partial charge in [0.2, 0.25) is 0 Å². The van der Waals surface area contributed by atoms with E-state index in [0.717, 1.165) is 27.7 Å². The van der Waals surface area contributed by atoms with Crippen molar-refractivity contribution in [3.05, 3.63) is 76.5 Å². The van der Waals surface area contributed by atoms with Gasteiger partial charge in [0.15, 0.2) is 0 Å². The largest absolute Gasteiger partial charge is 0.457 e. The Morgan fingerprint density at radius 2 is 2.00 bits per heavy atom. The number of pyridine rings is 1. The average molecular weight is 330 g/mol. The van der Waals surface area contributed by atoms with Crippen molar-refractivity contribution in [3.8, 4) is 6.07 Å². The molecular weight excluding hydrogens is 312 g/mol. The van der Waals surface area contributed by atoms with Crippen LogP contribution in [0.3, 0.4) is 0 Å². The van der Waals surface area contributed by atoms with E-state index in [0.29, 0.717) is 17.5 Å². The van der Waals surface area contributed by atoms with E-state index in [2.05, 4.69) is 11.1 Å². The molecule has 0 saturated heterocycles. The first-order chi connectivity index (χ1) is 12.1. The highest BCUT2D eigenvalue weighted by atomic mass is 16.5. The Morgan fingerprint density at radius 3 is 2.76 bits per heavy atom. The predicted molar refractivity (Wildman–Crippen MR) is 96.1 cm³/mol. The summed E-state index contributed by atoms with van der Waals surface area (Å²) in [6.07, 6.45) is 0.653. The average Bonchev–Trinajstić information content (AvgIpc) is 2.66. The molecule has 3 aromatic rings. The minimum Gasteiger partial charge on any atom is -0.457 e. The van der Waals surface area contributed by atoms with Gasteiger partial charge in [0.25, 0.3) is 0 Å². The molecule has 3 rings (SSSR count). The van der Waals surface area contributed by atoms with Crippen LogP contribution in [-0.4, -0.2) is 11.0 Å². The maximum atomic E-state index is 12.7. The fourth-order valence-corrected chi connectivity index (χ4v) is 2.92. The molecule has 0 aliphatic rings. The van der Waals surface area contributed by atoms with Crippen LogP contribution in [0, 0.1) is 18.3 Å². The molecule has 0 atom stereocenters. The predicted octanol–water partition coefficient (Wildman–Crippen LogP) is 4.33. The SMILES string of the molecule is CCc1nc2ccccc2c(C)c1C(=O)OCc1cccc(C#N)c1. The van der Waals surface area contributed by atoms with Crippen LogP contribution in [0.2, 0.25) is 0 Å². The van der Waals surface area contributed by atoms with Crippen LogP contribution in [0.4, 0.5) is 0 Å². The Bertz CT molecular complexity index is 987. The van der Waals surface area contributed by atoms with Gasteiger partial charge in [-0.2, -0.15) is 5.26 Å². The zero-order valence-electron chi connectivity index (χ0n) is 14.2. The molecule has 0 radical (unpaired) electrons. The van der Waals surface area contributed by atoms with Crippen molar-refractivity contribution in [2.24, 2.45) is 0 Å². The fourth-order valence-electron chi connectivity index (χ4n) is 2.92. The zero-order valence-corrected chi connectivity index (χ0v) is 14.2. The molecule has 0 N–H and O–H groups in total. The van der Waals surface area contributed by atoms with Crippen LogP contribution in [0.15, 0.2) is 48.5 Å². The molecule has 0 fully saturated rings. The molecule has 0 aliphatic heterocycles. The first kappa shape index (κ1) is 16.7. The second kappa shape index (κ2) is 7.14. The van der Waals surface area contributed by atoms with Crippen LogP contribution >= 0.6 is 0 Å². The standard InChI is InChI=1S/C21H18N2O2/c1-3-18-20(14(2)17-9-4-5-10-19(17)23-18)21(24)25-13-16-8-6-7-15(11-16)12-22/h4-11H,3,13H2,1-2H3. The molecule has 0 bridgehead atoms. The Hall–Kier alpha value is -3.19. The number of nitriles is 1. The van der Waals surface area contributed by atoms with Gasteiger partial charge in [-0.3, -0.25) is 4.98 Å². The van der Waals surface area contributed by atoms with E-state index in [1.807, 2.05) is 44.2 Å². The molecular formula is C21H18N2O2. The van der Waals surface area contributed by atoms with Crippen LogP contribution in [0.1, 0.15) is 39.7 Å². The van der Waals surface area contributed by atoms with Crippen LogP contribution in [-0.2, 0) is 17.8 Å². The highest BCUT2D eigenvalue weighted by Crippen LogP contribution is 2.24. The molecule has 4 nitrogen and oxygen atoms in total. The number of ether oxygens (including phenoxy) is 1. The lowest BCUT2D eigenvalue weighted by atomic mass is 10.0. The van der Waals surface area contributed by atoms with Gasteiger partial charge in [-0.25, -0.2) is 4.79 Å². The molecule has 1 heterocycles. The molecule has 25 heavy (non-hydrogen) atoms. The van der Waals surface area contributed by atoms with Crippen molar-refractivity contribution in [3.63, 3.8) is 0 Å². The van der Waals surface area contributed by atoms with E-state index < -0.39 is 0 Å². The van der Waals surface area contributed by atoms with Crippen molar-refractivity contribution in [2.75, 3.05) is 0 Å². The number of carbonyl (C=O) groups is 1. The van der Waals surface area contributed by atoms with E-state index >= 15 is 0 Å². The first-order valence-corrected chi connectivity index (χ1v) is 8.18. The van der Waals surface area contributed by atoms with E-state index in [1.165, 1.54) is 0 Å². The summed E-state index contributed by atoms with van der Waals surface area (Å²) in [5, 5.41) is 9.91. The van der Waals surface area contributed by atoms with E-state index in [4.69, 9.17) is 10.00 Å². The number of fused-ring (bicyclic) bond motifs is 1. The molecule has 0 saturated carbocycles. The number of carbonyl (C=O) groups excluding carboxylic acids is 1. The Balaban J connectivity index is 1.91. The minimum absolute atomic E-state index is 0.129. The van der Waals surface area contributed by atoms with Crippen molar-refractivity contribution in [1.82, 2.24) is 4.98 Å². The maximum absolute atomic E-state index is 12.7. The maximum Gasteiger partial charge on any atom is 0.340 e. The molecule has 0 aliphatic carbocycles. The van der Waals surface area contributed by atoms with Gasteiger partial charge in [-0.15, -0.1) is 0 Å². The fraction of sp³-hybridized carbons (Fsp3) is 0.190. The third-order valence-corrected chi connectivity index (χ3v) is 4.19. The Morgan fingerprint density at radius 1 is 1.20 bits per heavy atom. The molecule has 0 unspecified atom stereocenters. The molecule has 1 aromatic heterocycles. The smallest absolute Gasteiger partial charge is 0.340 e. The molecule has 124 valence electrons. The van der Waals surface area contributed by atoms with Gasteiger partial charge < -0.3 is 4.74 Å². The summed E-state index contributed by atoms with van der Waals surface area (Å²) >= 11 is 0. The zero-order chi connectivity index (χ0) is 17.8. The number of hydrogen-bond acceptors (Lipinski definition) is 4. The van der Waals surface area contributed by atoms with Crippen LogP contribution in [0.25, 0.3) is 10.9 Å². The topological polar surface area (TPSA) is 63.0 Å². The summed E-state index contributed by atoms with van der Waals surface area (Å²) in [5.74, 6) is -0.380. The monoisotopic (exact) mass is 330 g/mol. The number of esters is 1. The van der Waals surface area contributed by atoms with Crippen LogP contribution < -0.4 is 0 Å². The third-order valence-electron chi connectivity index (χ3n) is 4.19.